The van der Waals surface area contributed by atoms with Gasteiger partial charge < -0.3 is 9.59 Å². The van der Waals surface area contributed by atoms with Gasteiger partial charge in [0.05, 0.1) is 6.26 Å². The second kappa shape index (κ2) is 2.87. The van der Waals surface area contributed by atoms with Crippen LogP contribution in [0.4, 0.5) is 0 Å². The van der Waals surface area contributed by atoms with Crippen LogP contribution >= 0.6 is 0 Å². The Morgan fingerprint density at radius 3 is 2.00 bits per heavy atom. The van der Waals surface area contributed by atoms with Gasteiger partial charge in [-0.05, 0) is 0 Å². The summed E-state index contributed by atoms with van der Waals surface area (Å²) < 4.78 is 24.2. The highest BCUT2D eigenvalue weighted by Gasteiger charge is 2.73. The lowest BCUT2D eigenvalue weighted by Gasteiger charge is -2.12. The van der Waals surface area contributed by atoms with Gasteiger partial charge in [-0.2, -0.15) is 0 Å². The summed E-state index contributed by atoms with van der Waals surface area (Å²) in [5.74, 6) is -0.581. The molecule has 0 spiro atoms. The Kier molecular flexibility index (Phi) is 2.32. The summed E-state index contributed by atoms with van der Waals surface area (Å²) in [6.07, 6.45) is 2.09. The highest BCUT2D eigenvalue weighted by molar-refractivity contribution is 7.88. The fourth-order valence-corrected chi connectivity index (χ4v) is 2.92. The first-order valence-corrected chi connectivity index (χ1v) is 6.01. The summed E-state index contributed by atoms with van der Waals surface area (Å²) in [6.45, 7) is 3.36. The monoisotopic (exact) mass is 219 g/mol. The van der Waals surface area contributed by atoms with Gasteiger partial charge in [-0.3, -0.25) is 0 Å². The van der Waals surface area contributed by atoms with E-state index in [-0.39, 0.29) is 0 Å². The van der Waals surface area contributed by atoms with Crippen molar-refractivity contribution < 1.29 is 18.0 Å². The van der Waals surface area contributed by atoms with Gasteiger partial charge in [-0.25, -0.2) is 13.1 Å². The zero-order valence-electron chi connectivity index (χ0n) is 8.27. The van der Waals surface area contributed by atoms with E-state index in [4.69, 9.17) is 0 Å². The van der Waals surface area contributed by atoms with Crippen molar-refractivity contribution >= 4 is 22.6 Å². The van der Waals surface area contributed by atoms with Crippen molar-refractivity contribution in [1.29, 1.82) is 0 Å². The van der Waals surface area contributed by atoms with Crippen molar-refractivity contribution in [3.63, 3.8) is 0 Å². The van der Waals surface area contributed by atoms with E-state index in [1.807, 2.05) is 0 Å². The lowest BCUT2D eigenvalue weighted by atomic mass is 10.1. The van der Waals surface area contributed by atoms with Crippen LogP contribution in [0, 0.1) is 11.3 Å². The molecular weight excluding hydrogens is 206 g/mol. The van der Waals surface area contributed by atoms with Crippen LogP contribution in [0.1, 0.15) is 13.8 Å². The van der Waals surface area contributed by atoms with E-state index in [2.05, 4.69) is 4.72 Å². The van der Waals surface area contributed by atoms with Crippen LogP contribution in [-0.4, -0.2) is 32.8 Å². The predicted octanol–water partition coefficient (Wildman–Crippen LogP) is -0.672. The Morgan fingerprint density at radius 1 is 1.29 bits per heavy atom. The van der Waals surface area contributed by atoms with Gasteiger partial charge in [0, 0.05) is 11.3 Å². The maximum absolute atomic E-state index is 11.0. The highest BCUT2D eigenvalue weighted by atomic mass is 32.2. The van der Waals surface area contributed by atoms with Gasteiger partial charge in [0.1, 0.15) is 18.1 Å². The van der Waals surface area contributed by atoms with E-state index in [9.17, 15) is 18.0 Å². The highest BCUT2D eigenvalue weighted by Crippen LogP contribution is 2.59. The SMILES string of the molecule is CC1(C)C(C=O)C1(C=O)NS(C)(=O)=O. The van der Waals surface area contributed by atoms with Crippen molar-refractivity contribution in [3.05, 3.63) is 0 Å². The molecule has 0 aromatic rings. The molecule has 6 heteroatoms. The van der Waals surface area contributed by atoms with Gasteiger partial charge in [0.25, 0.3) is 0 Å². The summed E-state index contributed by atoms with van der Waals surface area (Å²) in [5, 5.41) is 0. The first kappa shape index (κ1) is 11.3. The van der Waals surface area contributed by atoms with Crippen LogP contribution < -0.4 is 4.72 Å². The van der Waals surface area contributed by atoms with Crippen molar-refractivity contribution in [3.8, 4) is 0 Å². The first-order chi connectivity index (χ1) is 6.21. The Bertz CT molecular complexity index is 373. The Labute approximate surface area is 82.9 Å². The molecule has 0 aromatic carbocycles. The number of sulfonamides is 1. The first-order valence-electron chi connectivity index (χ1n) is 4.12. The van der Waals surface area contributed by atoms with E-state index >= 15 is 0 Å². The number of nitrogens with one attached hydrogen (secondary N) is 1. The zero-order valence-corrected chi connectivity index (χ0v) is 9.09. The van der Waals surface area contributed by atoms with Crippen LogP contribution in [0.25, 0.3) is 0 Å². The molecule has 1 rings (SSSR count). The molecule has 2 atom stereocenters. The molecular formula is C8H13NO4S. The number of carbonyl (C=O) groups excluding carboxylic acids is 2. The fraction of sp³-hybridized carbons (Fsp3) is 0.750. The van der Waals surface area contributed by atoms with Crippen molar-refractivity contribution in [2.24, 2.45) is 11.3 Å². The van der Waals surface area contributed by atoms with Crippen LogP contribution in [0.3, 0.4) is 0 Å². The summed E-state index contributed by atoms with van der Waals surface area (Å²) in [5.41, 5.74) is -1.89. The summed E-state index contributed by atoms with van der Waals surface area (Å²) in [4.78, 5) is 21.5. The van der Waals surface area contributed by atoms with Crippen molar-refractivity contribution in [1.82, 2.24) is 4.72 Å². The molecule has 1 saturated carbocycles. The standard InChI is InChI=1S/C8H13NO4S/c1-7(2)6(4-10)8(7,5-11)9-14(3,12)13/h4-6,9H,1-3H3. The largest absolute Gasteiger partial charge is 0.303 e. The quantitative estimate of drug-likeness (QED) is 0.636. The van der Waals surface area contributed by atoms with E-state index in [1.165, 1.54) is 0 Å². The summed E-state index contributed by atoms with van der Waals surface area (Å²) in [7, 11) is -3.49. The van der Waals surface area contributed by atoms with Gasteiger partial charge in [-0.1, -0.05) is 13.8 Å². The number of hydrogen-bond donors (Lipinski definition) is 1. The molecule has 1 fully saturated rings. The normalized spacial score (nSPS) is 34.9. The van der Waals surface area contributed by atoms with Crippen LogP contribution in [-0.2, 0) is 19.6 Å². The van der Waals surface area contributed by atoms with E-state index in [0.29, 0.717) is 12.6 Å². The molecule has 0 radical (unpaired) electrons. The Hall–Kier alpha value is -0.750. The lowest BCUT2D eigenvalue weighted by molar-refractivity contribution is -0.113. The molecule has 1 N–H and O–H groups in total. The molecule has 80 valence electrons. The van der Waals surface area contributed by atoms with Crippen LogP contribution in [0.5, 0.6) is 0 Å². The molecule has 0 bridgehead atoms. The minimum Gasteiger partial charge on any atom is -0.303 e. The third kappa shape index (κ3) is 1.38. The third-order valence-corrected chi connectivity index (χ3v) is 3.64. The lowest BCUT2D eigenvalue weighted by Crippen LogP contribution is -2.42. The Morgan fingerprint density at radius 2 is 1.79 bits per heavy atom. The van der Waals surface area contributed by atoms with Gasteiger partial charge in [-0.15, -0.1) is 0 Å². The number of hydrogen-bond acceptors (Lipinski definition) is 4. The van der Waals surface area contributed by atoms with E-state index < -0.39 is 26.9 Å². The average Bonchev–Trinajstić information content (AvgIpc) is 2.44. The molecule has 0 amide bonds. The molecule has 1 aliphatic rings. The maximum atomic E-state index is 11.0. The average molecular weight is 219 g/mol. The minimum absolute atomic E-state index is 0.507. The number of aldehydes is 2. The van der Waals surface area contributed by atoms with E-state index in [0.717, 1.165) is 6.26 Å². The number of rotatable bonds is 4. The molecule has 1 aliphatic carbocycles. The number of carbonyl (C=O) groups is 2. The second-order valence-corrected chi connectivity index (χ2v) is 5.94. The molecule has 2 unspecified atom stereocenters. The minimum atomic E-state index is -3.49. The molecule has 0 aromatic heterocycles. The third-order valence-electron chi connectivity index (χ3n) is 2.93. The Balaban J connectivity index is 3.04. The topological polar surface area (TPSA) is 80.3 Å². The van der Waals surface area contributed by atoms with Crippen LogP contribution in [0.2, 0.25) is 0 Å². The summed E-state index contributed by atoms with van der Waals surface area (Å²) >= 11 is 0. The maximum Gasteiger partial charge on any atom is 0.209 e. The zero-order chi connectivity index (χ0) is 11.2. The molecule has 14 heavy (non-hydrogen) atoms. The van der Waals surface area contributed by atoms with Gasteiger partial charge in [0.2, 0.25) is 10.0 Å². The smallest absolute Gasteiger partial charge is 0.209 e. The predicted molar refractivity (Wildman–Crippen MR) is 50.1 cm³/mol. The van der Waals surface area contributed by atoms with Crippen LogP contribution in [0.15, 0.2) is 0 Å². The molecule has 0 saturated heterocycles. The fourth-order valence-electron chi connectivity index (χ4n) is 1.87. The van der Waals surface area contributed by atoms with Gasteiger partial charge in [0.15, 0.2) is 0 Å². The summed E-state index contributed by atoms with van der Waals surface area (Å²) in [6, 6.07) is 0. The second-order valence-electron chi connectivity index (χ2n) is 4.20. The van der Waals surface area contributed by atoms with Gasteiger partial charge >= 0.3 is 0 Å². The van der Waals surface area contributed by atoms with E-state index in [1.54, 1.807) is 13.8 Å². The molecule has 5 nitrogen and oxygen atoms in total. The molecule has 0 heterocycles. The van der Waals surface area contributed by atoms with Crippen molar-refractivity contribution in [2.45, 2.75) is 19.4 Å². The molecule has 0 aliphatic heterocycles. The van der Waals surface area contributed by atoms with Crippen molar-refractivity contribution in [2.75, 3.05) is 6.26 Å².